The zero-order valence-electron chi connectivity index (χ0n) is 18.5. The van der Waals surface area contributed by atoms with E-state index in [1.165, 1.54) is 4.90 Å². The lowest BCUT2D eigenvalue weighted by molar-refractivity contribution is -0.132. The van der Waals surface area contributed by atoms with Crippen molar-refractivity contribution in [3.8, 4) is 11.5 Å². The number of hydrogen-bond acceptors (Lipinski definition) is 6. The van der Waals surface area contributed by atoms with Gasteiger partial charge in [-0.3, -0.25) is 14.5 Å². The number of halogens is 1. The molecule has 8 heteroatoms. The van der Waals surface area contributed by atoms with E-state index < -0.39 is 17.7 Å². The van der Waals surface area contributed by atoms with Gasteiger partial charge in [-0.05, 0) is 42.0 Å². The van der Waals surface area contributed by atoms with E-state index in [0.717, 1.165) is 5.69 Å². The molecule has 0 bridgehead atoms. The first-order valence-corrected chi connectivity index (χ1v) is 11.0. The van der Waals surface area contributed by atoms with Gasteiger partial charge in [0.25, 0.3) is 11.7 Å². The van der Waals surface area contributed by atoms with Crippen LogP contribution >= 0.6 is 11.6 Å². The summed E-state index contributed by atoms with van der Waals surface area (Å²) in [5.74, 6) is -0.770. The number of rotatable bonds is 4. The lowest BCUT2D eigenvalue weighted by Crippen LogP contribution is -2.29. The van der Waals surface area contributed by atoms with Gasteiger partial charge in [0.1, 0.15) is 5.76 Å². The van der Waals surface area contributed by atoms with Gasteiger partial charge in [0.15, 0.2) is 11.5 Å². The Balaban J connectivity index is 1.70. The first kappa shape index (κ1) is 21.9. The van der Waals surface area contributed by atoms with Gasteiger partial charge in [0.05, 0.1) is 11.6 Å². The van der Waals surface area contributed by atoms with Gasteiger partial charge < -0.3 is 19.5 Å². The monoisotopic (exact) mass is 476 g/mol. The fraction of sp³-hybridized carbons (Fsp3) is 0.154. The van der Waals surface area contributed by atoms with E-state index in [4.69, 9.17) is 21.1 Å². The molecule has 7 nitrogen and oxygen atoms in total. The lowest BCUT2D eigenvalue weighted by atomic mass is 9.95. The van der Waals surface area contributed by atoms with Crippen LogP contribution in [-0.4, -0.2) is 37.7 Å². The molecule has 1 atom stereocenters. The molecule has 2 heterocycles. The molecule has 3 aromatic rings. The smallest absolute Gasteiger partial charge is 0.300 e. The van der Waals surface area contributed by atoms with Gasteiger partial charge in [-0.2, -0.15) is 0 Å². The minimum atomic E-state index is -0.851. The van der Waals surface area contributed by atoms with Crippen molar-refractivity contribution in [3.63, 3.8) is 0 Å². The van der Waals surface area contributed by atoms with Crippen molar-refractivity contribution in [1.82, 2.24) is 0 Å². The number of aliphatic hydroxyl groups is 1. The van der Waals surface area contributed by atoms with Crippen molar-refractivity contribution in [2.75, 3.05) is 30.7 Å². The zero-order valence-corrected chi connectivity index (χ0v) is 19.2. The largest absolute Gasteiger partial charge is 0.507 e. The molecule has 1 N–H and O–H groups in total. The van der Waals surface area contributed by atoms with E-state index in [1.807, 2.05) is 43.3 Å². The molecule has 0 radical (unpaired) electrons. The number of ether oxygens (including phenoxy) is 2. The minimum Gasteiger partial charge on any atom is -0.507 e. The van der Waals surface area contributed by atoms with Gasteiger partial charge in [-0.15, -0.1) is 0 Å². The summed E-state index contributed by atoms with van der Waals surface area (Å²) < 4.78 is 10.9. The number of aliphatic hydroxyl groups excluding tert-OH is 1. The summed E-state index contributed by atoms with van der Waals surface area (Å²) in [6, 6.07) is 18.2. The van der Waals surface area contributed by atoms with Crippen molar-refractivity contribution < 1.29 is 24.2 Å². The molecule has 0 saturated carbocycles. The van der Waals surface area contributed by atoms with Crippen LogP contribution in [-0.2, 0) is 9.59 Å². The molecule has 1 saturated heterocycles. The number of ketones is 1. The number of Topliss-reactive ketones (excluding diaryl/α,β-unsaturated/α-hetero) is 1. The molecule has 2 aliphatic heterocycles. The van der Waals surface area contributed by atoms with Crippen LogP contribution < -0.4 is 19.3 Å². The molecule has 1 unspecified atom stereocenters. The Labute approximate surface area is 201 Å². The molecule has 5 rings (SSSR count). The molecule has 2 aliphatic rings. The summed E-state index contributed by atoms with van der Waals surface area (Å²) in [4.78, 5) is 29.9. The van der Waals surface area contributed by atoms with Crippen molar-refractivity contribution >= 4 is 40.4 Å². The van der Waals surface area contributed by atoms with E-state index in [-0.39, 0.29) is 18.1 Å². The minimum absolute atomic E-state index is 0.0115. The Kier molecular flexibility index (Phi) is 5.42. The number of carbonyl (C=O) groups excluding carboxylic acids is 2. The van der Waals surface area contributed by atoms with Crippen LogP contribution in [0.4, 0.5) is 11.4 Å². The van der Waals surface area contributed by atoms with Gasteiger partial charge in [0, 0.05) is 42.1 Å². The quantitative estimate of drug-likeness (QED) is 0.332. The Bertz CT molecular complexity index is 1330. The maximum atomic E-state index is 13.3. The van der Waals surface area contributed by atoms with Crippen LogP contribution in [0.2, 0.25) is 5.02 Å². The van der Waals surface area contributed by atoms with Gasteiger partial charge >= 0.3 is 0 Å². The van der Waals surface area contributed by atoms with E-state index in [9.17, 15) is 14.7 Å². The lowest BCUT2D eigenvalue weighted by Gasteiger charge is -2.26. The van der Waals surface area contributed by atoms with Crippen LogP contribution in [0.1, 0.15) is 17.2 Å². The molecule has 0 aliphatic carbocycles. The van der Waals surface area contributed by atoms with Gasteiger partial charge in [-0.25, -0.2) is 0 Å². The van der Waals surface area contributed by atoms with E-state index in [1.54, 1.807) is 42.5 Å². The Hall–Kier alpha value is -3.97. The number of amides is 1. The van der Waals surface area contributed by atoms with Crippen LogP contribution in [0, 0.1) is 0 Å². The van der Waals surface area contributed by atoms with Gasteiger partial charge in [0.2, 0.25) is 6.79 Å². The number of carbonyl (C=O) groups is 2. The highest BCUT2D eigenvalue weighted by Crippen LogP contribution is 2.45. The summed E-state index contributed by atoms with van der Waals surface area (Å²) in [6.45, 7) is 0.0851. The molecule has 0 spiro atoms. The van der Waals surface area contributed by atoms with Crippen molar-refractivity contribution in [2.45, 2.75) is 6.04 Å². The first-order chi connectivity index (χ1) is 16.3. The third-order valence-corrected chi connectivity index (χ3v) is 6.14. The number of benzene rings is 3. The summed E-state index contributed by atoms with van der Waals surface area (Å²) in [5.41, 5.74) is 2.43. The number of fused-ring (bicyclic) bond motifs is 1. The maximum absolute atomic E-state index is 13.3. The highest BCUT2D eigenvalue weighted by atomic mass is 35.5. The summed E-state index contributed by atoms with van der Waals surface area (Å²) in [5, 5.41) is 11.6. The number of hydrogen-bond donors (Lipinski definition) is 1. The van der Waals surface area contributed by atoms with Crippen molar-refractivity contribution in [3.05, 3.63) is 88.5 Å². The maximum Gasteiger partial charge on any atom is 0.300 e. The predicted molar refractivity (Wildman–Crippen MR) is 130 cm³/mol. The Morgan fingerprint density at radius 2 is 1.74 bits per heavy atom. The standard InChI is InChI=1S/C26H21ClN2O5/c1-28(2)18-8-6-15(7-9-18)23-22(24(30)16-4-3-5-17(27)12-16)25(31)26(32)29(23)19-10-11-20-21(13-19)34-14-33-20/h3-13,23,30H,14H2,1-2H3/b24-22+. The number of anilines is 2. The topological polar surface area (TPSA) is 79.3 Å². The second-order valence-corrected chi connectivity index (χ2v) is 8.64. The highest BCUT2D eigenvalue weighted by Gasteiger charge is 2.47. The molecular weight excluding hydrogens is 456 g/mol. The van der Waals surface area contributed by atoms with Crippen LogP contribution in [0.25, 0.3) is 5.76 Å². The third-order valence-electron chi connectivity index (χ3n) is 5.90. The first-order valence-electron chi connectivity index (χ1n) is 10.6. The second-order valence-electron chi connectivity index (χ2n) is 8.20. The van der Waals surface area contributed by atoms with E-state index >= 15 is 0 Å². The summed E-state index contributed by atoms with van der Waals surface area (Å²) in [7, 11) is 3.85. The Morgan fingerprint density at radius 1 is 1.00 bits per heavy atom. The predicted octanol–water partition coefficient (Wildman–Crippen LogP) is 4.76. The SMILES string of the molecule is CN(C)c1ccc(C2/C(=C(\O)c3cccc(Cl)c3)C(=O)C(=O)N2c2ccc3c(c2)OCO3)cc1. The van der Waals surface area contributed by atoms with Crippen molar-refractivity contribution in [1.29, 1.82) is 0 Å². The molecule has 0 aromatic heterocycles. The molecular formula is C26H21ClN2O5. The van der Waals surface area contributed by atoms with Crippen LogP contribution in [0.15, 0.2) is 72.3 Å². The van der Waals surface area contributed by atoms with Crippen LogP contribution in [0.5, 0.6) is 11.5 Å². The van der Waals surface area contributed by atoms with E-state index in [2.05, 4.69) is 0 Å². The van der Waals surface area contributed by atoms with Crippen LogP contribution in [0.3, 0.4) is 0 Å². The molecule has 3 aromatic carbocycles. The number of nitrogens with zero attached hydrogens (tertiary/aromatic N) is 2. The molecule has 1 fully saturated rings. The van der Waals surface area contributed by atoms with Gasteiger partial charge in [-0.1, -0.05) is 35.9 Å². The average molecular weight is 477 g/mol. The second kappa shape index (κ2) is 8.43. The summed E-state index contributed by atoms with van der Waals surface area (Å²) in [6.07, 6.45) is 0. The highest BCUT2D eigenvalue weighted by molar-refractivity contribution is 6.51. The fourth-order valence-corrected chi connectivity index (χ4v) is 4.39. The van der Waals surface area contributed by atoms with E-state index in [0.29, 0.717) is 33.3 Å². The zero-order chi connectivity index (χ0) is 24.0. The van der Waals surface area contributed by atoms with Crippen molar-refractivity contribution in [2.24, 2.45) is 0 Å². The third kappa shape index (κ3) is 3.64. The molecule has 1 amide bonds. The summed E-state index contributed by atoms with van der Waals surface area (Å²) >= 11 is 6.11. The fourth-order valence-electron chi connectivity index (χ4n) is 4.20. The molecule has 34 heavy (non-hydrogen) atoms. The molecule has 172 valence electrons. The Morgan fingerprint density at radius 3 is 2.44 bits per heavy atom. The average Bonchev–Trinajstić information content (AvgIpc) is 3.40. The normalized spacial score (nSPS) is 18.4.